The standard InChI is InChI=1S/C13H15F3N2/c14-13(15,16)12-6-3-9-10(4-5-11(9)18-12)17-7-8-1-2-8/h3,6,8,10,17H,1-2,4-5,7H2. The van der Waals surface area contributed by atoms with Crippen molar-refractivity contribution in [2.24, 2.45) is 5.92 Å². The molecule has 1 heterocycles. The normalized spacial score (nSPS) is 23.2. The SMILES string of the molecule is FC(F)(F)c1ccc2c(n1)CCC2NCC1CC1. The number of aryl methyl sites for hydroxylation is 1. The van der Waals surface area contributed by atoms with E-state index < -0.39 is 11.9 Å². The van der Waals surface area contributed by atoms with E-state index in [0.29, 0.717) is 12.1 Å². The second kappa shape index (κ2) is 4.23. The van der Waals surface area contributed by atoms with Crippen LogP contribution in [0.1, 0.15) is 42.3 Å². The Kier molecular flexibility index (Phi) is 2.81. The Morgan fingerprint density at radius 1 is 1.22 bits per heavy atom. The highest BCUT2D eigenvalue weighted by atomic mass is 19.4. The lowest BCUT2D eigenvalue weighted by molar-refractivity contribution is -0.141. The van der Waals surface area contributed by atoms with E-state index in [1.54, 1.807) is 6.07 Å². The summed E-state index contributed by atoms with van der Waals surface area (Å²) in [6.45, 7) is 0.977. The van der Waals surface area contributed by atoms with Crippen LogP contribution in [0.4, 0.5) is 13.2 Å². The molecule has 2 aliphatic rings. The minimum Gasteiger partial charge on any atom is -0.310 e. The maximum atomic E-state index is 12.5. The topological polar surface area (TPSA) is 24.9 Å². The minimum absolute atomic E-state index is 0.190. The van der Waals surface area contributed by atoms with Crippen LogP contribution >= 0.6 is 0 Å². The molecule has 1 aromatic rings. The molecule has 18 heavy (non-hydrogen) atoms. The molecule has 0 amide bonds. The number of alkyl halides is 3. The molecule has 1 aromatic heterocycles. The van der Waals surface area contributed by atoms with Crippen molar-refractivity contribution in [2.75, 3.05) is 6.54 Å². The number of nitrogens with one attached hydrogen (secondary N) is 1. The number of nitrogens with zero attached hydrogens (tertiary/aromatic N) is 1. The molecule has 1 unspecified atom stereocenters. The largest absolute Gasteiger partial charge is 0.433 e. The van der Waals surface area contributed by atoms with Gasteiger partial charge in [-0.15, -0.1) is 0 Å². The molecule has 1 atom stereocenters. The van der Waals surface area contributed by atoms with Crippen LogP contribution in [-0.2, 0) is 12.6 Å². The quantitative estimate of drug-likeness (QED) is 0.899. The molecule has 2 aliphatic carbocycles. The Labute approximate surface area is 104 Å². The van der Waals surface area contributed by atoms with Gasteiger partial charge in [-0.1, -0.05) is 6.07 Å². The van der Waals surface area contributed by atoms with Crippen molar-refractivity contribution in [1.82, 2.24) is 10.3 Å². The summed E-state index contributed by atoms with van der Waals surface area (Å²) in [6.07, 6.45) is -0.289. The van der Waals surface area contributed by atoms with Gasteiger partial charge in [0, 0.05) is 11.7 Å². The number of fused-ring (bicyclic) bond motifs is 1. The summed E-state index contributed by atoms with van der Waals surface area (Å²) in [5.41, 5.74) is 0.783. The lowest BCUT2D eigenvalue weighted by atomic mass is 10.1. The van der Waals surface area contributed by atoms with Crippen LogP contribution in [0.15, 0.2) is 12.1 Å². The predicted molar refractivity (Wildman–Crippen MR) is 61.0 cm³/mol. The van der Waals surface area contributed by atoms with Gasteiger partial charge in [-0.05, 0) is 49.8 Å². The van der Waals surface area contributed by atoms with Gasteiger partial charge < -0.3 is 5.32 Å². The lowest BCUT2D eigenvalue weighted by Gasteiger charge is -2.14. The summed E-state index contributed by atoms with van der Waals surface area (Å²) in [7, 11) is 0. The van der Waals surface area contributed by atoms with Crippen LogP contribution in [0.25, 0.3) is 0 Å². The molecule has 0 aromatic carbocycles. The number of hydrogen-bond acceptors (Lipinski definition) is 2. The molecule has 0 aliphatic heterocycles. The van der Waals surface area contributed by atoms with Crippen molar-refractivity contribution in [3.05, 3.63) is 29.1 Å². The van der Waals surface area contributed by atoms with Crippen LogP contribution in [-0.4, -0.2) is 11.5 Å². The van der Waals surface area contributed by atoms with E-state index in [4.69, 9.17) is 0 Å². The lowest BCUT2D eigenvalue weighted by Crippen LogP contribution is -2.21. The van der Waals surface area contributed by atoms with Crippen LogP contribution in [0, 0.1) is 5.92 Å². The summed E-state index contributed by atoms with van der Waals surface area (Å²) >= 11 is 0. The van der Waals surface area contributed by atoms with Crippen molar-refractivity contribution >= 4 is 0 Å². The maximum absolute atomic E-state index is 12.5. The number of halogens is 3. The van der Waals surface area contributed by atoms with E-state index >= 15 is 0 Å². The maximum Gasteiger partial charge on any atom is 0.433 e. The zero-order valence-electron chi connectivity index (χ0n) is 9.93. The first-order valence-electron chi connectivity index (χ1n) is 6.34. The minimum atomic E-state index is -4.34. The molecule has 0 spiro atoms. The molecule has 3 rings (SSSR count). The Morgan fingerprint density at radius 2 is 2.00 bits per heavy atom. The molecule has 0 radical (unpaired) electrons. The van der Waals surface area contributed by atoms with Gasteiger partial charge in [0.25, 0.3) is 0 Å². The molecule has 98 valence electrons. The molecule has 1 saturated carbocycles. The Bertz CT molecular complexity index is 452. The van der Waals surface area contributed by atoms with E-state index in [1.165, 1.54) is 12.8 Å². The Balaban J connectivity index is 1.75. The zero-order chi connectivity index (χ0) is 12.8. The van der Waals surface area contributed by atoms with Gasteiger partial charge in [-0.3, -0.25) is 0 Å². The molecule has 0 saturated heterocycles. The summed E-state index contributed by atoms with van der Waals surface area (Å²) < 4.78 is 37.6. The number of hydrogen-bond donors (Lipinski definition) is 1. The van der Waals surface area contributed by atoms with Crippen molar-refractivity contribution < 1.29 is 13.2 Å². The van der Waals surface area contributed by atoms with Crippen molar-refractivity contribution in [3.63, 3.8) is 0 Å². The molecule has 5 heteroatoms. The molecule has 0 bridgehead atoms. The highest BCUT2D eigenvalue weighted by molar-refractivity contribution is 5.31. The van der Waals surface area contributed by atoms with Crippen LogP contribution < -0.4 is 5.32 Å². The average Bonchev–Trinajstić information content (AvgIpc) is 3.05. The molecular formula is C13H15F3N2. The fourth-order valence-corrected chi connectivity index (χ4v) is 2.47. The highest BCUT2D eigenvalue weighted by Gasteiger charge is 2.35. The zero-order valence-corrected chi connectivity index (χ0v) is 9.93. The van der Waals surface area contributed by atoms with Crippen molar-refractivity contribution in [2.45, 2.75) is 37.9 Å². The molecule has 2 nitrogen and oxygen atoms in total. The predicted octanol–water partition coefficient (Wildman–Crippen LogP) is 3.09. The van der Waals surface area contributed by atoms with Gasteiger partial charge in [-0.25, -0.2) is 4.98 Å². The van der Waals surface area contributed by atoms with E-state index in [0.717, 1.165) is 30.5 Å². The Hall–Kier alpha value is -1.10. The van der Waals surface area contributed by atoms with Crippen LogP contribution in [0.5, 0.6) is 0 Å². The van der Waals surface area contributed by atoms with E-state index in [9.17, 15) is 13.2 Å². The van der Waals surface area contributed by atoms with E-state index in [-0.39, 0.29) is 6.04 Å². The van der Waals surface area contributed by atoms with E-state index in [2.05, 4.69) is 10.3 Å². The van der Waals surface area contributed by atoms with Gasteiger partial charge >= 0.3 is 6.18 Å². The first-order valence-corrected chi connectivity index (χ1v) is 6.34. The third-order valence-corrected chi connectivity index (χ3v) is 3.69. The van der Waals surface area contributed by atoms with Gasteiger partial charge in [-0.2, -0.15) is 13.2 Å². The smallest absolute Gasteiger partial charge is 0.310 e. The van der Waals surface area contributed by atoms with Gasteiger partial charge in [0.15, 0.2) is 0 Å². The third kappa shape index (κ3) is 2.36. The van der Waals surface area contributed by atoms with E-state index in [1.807, 2.05) is 0 Å². The number of aromatic nitrogens is 1. The van der Waals surface area contributed by atoms with Gasteiger partial charge in [0.1, 0.15) is 5.69 Å². The van der Waals surface area contributed by atoms with Crippen molar-refractivity contribution in [1.29, 1.82) is 0 Å². The number of pyridine rings is 1. The fourth-order valence-electron chi connectivity index (χ4n) is 2.47. The summed E-state index contributed by atoms with van der Waals surface area (Å²) in [6, 6.07) is 2.87. The second-order valence-corrected chi connectivity index (χ2v) is 5.17. The summed E-state index contributed by atoms with van der Waals surface area (Å²) in [5, 5.41) is 3.44. The van der Waals surface area contributed by atoms with Crippen LogP contribution in [0.2, 0.25) is 0 Å². The third-order valence-electron chi connectivity index (χ3n) is 3.69. The summed E-state index contributed by atoms with van der Waals surface area (Å²) in [4.78, 5) is 3.75. The van der Waals surface area contributed by atoms with Crippen LogP contribution in [0.3, 0.4) is 0 Å². The molecular weight excluding hydrogens is 241 g/mol. The highest BCUT2D eigenvalue weighted by Crippen LogP contribution is 2.35. The molecule has 1 N–H and O–H groups in total. The fraction of sp³-hybridized carbons (Fsp3) is 0.615. The monoisotopic (exact) mass is 256 g/mol. The average molecular weight is 256 g/mol. The molecule has 1 fully saturated rings. The Morgan fingerprint density at radius 3 is 2.67 bits per heavy atom. The second-order valence-electron chi connectivity index (χ2n) is 5.17. The van der Waals surface area contributed by atoms with Gasteiger partial charge in [0.05, 0.1) is 0 Å². The summed E-state index contributed by atoms with van der Waals surface area (Å²) in [5.74, 6) is 0.774. The number of rotatable bonds is 3. The van der Waals surface area contributed by atoms with Gasteiger partial charge in [0.2, 0.25) is 0 Å². The van der Waals surface area contributed by atoms with Crippen molar-refractivity contribution in [3.8, 4) is 0 Å². The first-order chi connectivity index (χ1) is 8.54. The first kappa shape index (κ1) is 12.0.